The van der Waals surface area contributed by atoms with E-state index >= 15 is 0 Å². The summed E-state index contributed by atoms with van der Waals surface area (Å²) in [7, 11) is 3.33. The van der Waals surface area contributed by atoms with Crippen molar-refractivity contribution in [2.24, 2.45) is 0 Å². The molecule has 132 valence electrons. The Bertz CT molecular complexity index is 1020. The third-order valence-corrected chi connectivity index (χ3v) is 3.74. The number of nitrogens with one attached hydrogen (secondary N) is 1. The van der Waals surface area contributed by atoms with E-state index < -0.39 is 5.91 Å². The molecule has 2 amide bonds. The lowest BCUT2D eigenvalue weighted by molar-refractivity contribution is -0.117. The summed E-state index contributed by atoms with van der Waals surface area (Å²) in [5.41, 5.74) is 1.14. The molecule has 0 aliphatic rings. The Labute approximate surface area is 149 Å². The molecule has 2 aromatic carbocycles. The van der Waals surface area contributed by atoms with Crippen LogP contribution in [0.1, 0.15) is 10.4 Å². The number of carbonyl (C=O) groups is 2. The second kappa shape index (κ2) is 7.14. The van der Waals surface area contributed by atoms with Crippen molar-refractivity contribution >= 4 is 28.4 Å². The van der Waals surface area contributed by atoms with Crippen molar-refractivity contribution in [3.8, 4) is 0 Å². The molecule has 0 fully saturated rings. The number of hydrogen-bond acceptors (Lipinski definition) is 5. The molecule has 0 saturated carbocycles. The summed E-state index contributed by atoms with van der Waals surface area (Å²) in [6.07, 6.45) is 0. The summed E-state index contributed by atoms with van der Waals surface area (Å²) in [5.74, 6) is -0.538. The van der Waals surface area contributed by atoms with Crippen molar-refractivity contribution in [2.75, 3.05) is 19.4 Å². The Morgan fingerprint density at radius 1 is 1.08 bits per heavy atom. The summed E-state index contributed by atoms with van der Waals surface area (Å²) < 4.78 is 1.02. The van der Waals surface area contributed by atoms with Crippen LogP contribution >= 0.6 is 0 Å². The first-order chi connectivity index (χ1) is 12.5. The number of fused-ring (bicyclic) bond motifs is 1. The summed E-state index contributed by atoms with van der Waals surface area (Å²) in [4.78, 5) is 37.8. The third-order valence-electron chi connectivity index (χ3n) is 3.74. The molecule has 0 aliphatic heterocycles. The maximum absolute atomic E-state index is 12.3. The van der Waals surface area contributed by atoms with Gasteiger partial charge in [-0.05, 0) is 36.4 Å². The molecule has 0 spiro atoms. The minimum atomic E-state index is -0.414. The van der Waals surface area contributed by atoms with E-state index in [1.165, 1.54) is 4.90 Å². The quantitative estimate of drug-likeness (QED) is 0.760. The second-order valence-corrected chi connectivity index (χ2v) is 5.89. The number of aromatic nitrogens is 3. The van der Waals surface area contributed by atoms with Gasteiger partial charge in [0.15, 0.2) is 0 Å². The molecule has 8 nitrogen and oxygen atoms in total. The maximum atomic E-state index is 12.3. The number of anilines is 1. The summed E-state index contributed by atoms with van der Waals surface area (Å²) >= 11 is 0. The zero-order valence-electron chi connectivity index (χ0n) is 14.3. The van der Waals surface area contributed by atoms with E-state index in [1.807, 2.05) is 0 Å². The van der Waals surface area contributed by atoms with Gasteiger partial charge in [-0.25, -0.2) is 4.68 Å². The van der Waals surface area contributed by atoms with Gasteiger partial charge in [-0.2, -0.15) is 0 Å². The van der Waals surface area contributed by atoms with Gasteiger partial charge >= 0.3 is 0 Å². The van der Waals surface area contributed by atoms with E-state index in [-0.39, 0.29) is 18.0 Å². The summed E-state index contributed by atoms with van der Waals surface area (Å²) in [6.45, 7) is -0.255. The van der Waals surface area contributed by atoms with Gasteiger partial charge in [0.25, 0.3) is 11.5 Å². The van der Waals surface area contributed by atoms with Crippen LogP contribution in [0, 0.1) is 0 Å². The van der Waals surface area contributed by atoms with E-state index in [1.54, 1.807) is 62.6 Å². The fourth-order valence-corrected chi connectivity index (χ4v) is 2.42. The molecule has 3 aromatic rings. The van der Waals surface area contributed by atoms with Crippen LogP contribution in [0.25, 0.3) is 10.9 Å². The number of benzene rings is 2. The van der Waals surface area contributed by atoms with Gasteiger partial charge in [-0.3, -0.25) is 14.4 Å². The van der Waals surface area contributed by atoms with Crippen LogP contribution < -0.4 is 10.9 Å². The lowest BCUT2D eigenvalue weighted by Gasteiger charge is -2.11. The first-order valence-corrected chi connectivity index (χ1v) is 7.90. The third kappa shape index (κ3) is 3.59. The highest BCUT2D eigenvalue weighted by Crippen LogP contribution is 2.11. The lowest BCUT2D eigenvalue weighted by Crippen LogP contribution is -2.30. The van der Waals surface area contributed by atoms with Crippen LogP contribution in [-0.2, 0) is 11.3 Å². The molecule has 0 atom stereocenters. The average molecular weight is 351 g/mol. The molecule has 0 radical (unpaired) electrons. The van der Waals surface area contributed by atoms with Gasteiger partial charge in [0.1, 0.15) is 12.1 Å². The van der Waals surface area contributed by atoms with Crippen LogP contribution in [0.2, 0.25) is 0 Å². The van der Waals surface area contributed by atoms with Crippen LogP contribution in [0.3, 0.4) is 0 Å². The second-order valence-electron chi connectivity index (χ2n) is 5.89. The fourth-order valence-electron chi connectivity index (χ4n) is 2.42. The molecule has 8 heteroatoms. The number of amides is 2. The minimum absolute atomic E-state index is 0.124. The van der Waals surface area contributed by atoms with E-state index in [9.17, 15) is 14.4 Å². The average Bonchev–Trinajstić information content (AvgIpc) is 2.64. The van der Waals surface area contributed by atoms with Crippen molar-refractivity contribution in [1.29, 1.82) is 0 Å². The zero-order chi connectivity index (χ0) is 18.7. The number of rotatable bonds is 4. The van der Waals surface area contributed by atoms with Gasteiger partial charge < -0.3 is 10.2 Å². The predicted molar refractivity (Wildman–Crippen MR) is 96.9 cm³/mol. The van der Waals surface area contributed by atoms with Crippen molar-refractivity contribution in [2.45, 2.75) is 6.54 Å². The maximum Gasteiger partial charge on any atom is 0.278 e. The summed E-state index contributed by atoms with van der Waals surface area (Å²) in [5, 5.41) is 10.8. The standard InChI is InChI=1S/C18H17N5O3/c1-22(2)17(25)12-7-9-13(10-8-12)19-16(24)11-23-18(26)14-5-3-4-6-15(14)20-21-23/h3-10H,11H2,1-2H3,(H,19,24). The van der Waals surface area contributed by atoms with E-state index in [0.717, 1.165) is 4.68 Å². The van der Waals surface area contributed by atoms with Crippen LogP contribution in [0.4, 0.5) is 5.69 Å². The highest BCUT2D eigenvalue weighted by molar-refractivity contribution is 5.95. The number of nitrogens with zero attached hydrogens (tertiary/aromatic N) is 4. The monoisotopic (exact) mass is 351 g/mol. The Morgan fingerprint density at radius 3 is 2.46 bits per heavy atom. The molecular weight excluding hydrogens is 334 g/mol. The fraction of sp³-hybridized carbons (Fsp3) is 0.167. The molecule has 0 saturated heterocycles. The molecule has 1 N–H and O–H groups in total. The van der Waals surface area contributed by atoms with Crippen LogP contribution in [-0.4, -0.2) is 45.8 Å². The van der Waals surface area contributed by atoms with Crippen molar-refractivity contribution in [3.63, 3.8) is 0 Å². The SMILES string of the molecule is CN(C)C(=O)c1ccc(NC(=O)Cn2nnc3ccccc3c2=O)cc1. The molecule has 26 heavy (non-hydrogen) atoms. The Morgan fingerprint density at radius 2 is 1.77 bits per heavy atom. The molecule has 3 rings (SSSR count). The lowest BCUT2D eigenvalue weighted by atomic mass is 10.2. The van der Waals surface area contributed by atoms with Crippen LogP contribution in [0.5, 0.6) is 0 Å². The molecular formula is C18H17N5O3. The Balaban J connectivity index is 1.72. The smallest absolute Gasteiger partial charge is 0.278 e. The largest absolute Gasteiger partial charge is 0.345 e. The van der Waals surface area contributed by atoms with Crippen molar-refractivity contribution < 1.29 is 9.59 Å². The molecule has 1 heterocycles. The van der Waals surface area contributed by atoms with Gasteiger partial charge in [-0.1, -0.05) is 17.3 Å². The van der Waals surface area contributed by atoms with E-state index in [2.05, 4.69) is 15.6 Å². The summed E-state index contributed by atoms with van der Waals surface area (Å²) in [6, 6.07) is 13.3. The van der Waals surface area contributed by atoms with Gasteiger partial charge in [-0.15, -0.1) is 5.10 Å². The molecule has 1 aromatic heterocycles. The van der Waals surface area contributed by atoms with Crippen LogP contribution in [0.15, 0.2) is 53.3 Å². The van der Waals surface area contributed by atoms with Gasteiger partial charge in [0.05, 0.1) is 5.39 Å². The predicted octanol–water partition coefficient (Wildman–Crippen LogP) is 1.13. The molecule has 0 unspecified atom stereocenters. The number of hydrogen-bond donors (Lipinski definition) is 1. The first kappa shape index (κ1) is 17.3. The normalized spacial score (nSPS) is 10.5. The minimum Gasteiger partial charge on any atom is -0.345 e. The van der Waals surface area contributed by atoms with Crippen molar-refractivity contribution in [1.82, 2.24) is 19.9 Å². The molecule has 0 aliphatic carbocycles. The highest BCUT2D eigenvalue weighted by atomic mass is 16.2. The highest BCUT2D eigenvalue weighted by Gasteiger charge is 2.11. The van der Waals surface area contributed by atoms with Gasteiger partial charge in [0, 0.05) is 25.3 Å². The first-order valence-electron chi connectivity index (χ1n) is 7.90. The Kier molecular flexibility index (Phi) is 4.74. The molecule has 0 bridgehead atoms. The Hall–Kier alpha value is -3.55. The van der Waals surface area contributed by atoms with E-state index in [0.29, 0.717) is 22.2 Å². The van der Waals surface area contributed by atoms with E-state index in [4.69, 9.17) is 0 Å². The topological polar surface area (TPSA) is 97.2 Å². The van der Waals surface area contributed by atoms with Gasteiger partial charge in [0.2, 0.25) is 5.91 Å². The number of carbonyl (C=O) groups excluding carboxylic acids is 2. The zero-order valence-corrected chi connectivity index (χ0v) is 14.3. The van der Waals surface area contributed by atoms with Crippen molar-refractivity contribution in [3.05, 3.63) is 64.4 Å².